The minimum atomic E-state index is -1.52. The Hall–Kier alpha value is -2.66. The molecule has 4 rings (SSSR count). The van der Waals surface area contributed by atoms with Gasteiger partial charge in [0.05, 0.1) is 35.6 Å². The number of hydrogen-bond acceptors (Lipinski definition) is 6. The zero-order chi connectivity index (χ0) is 23.6. The van der Waals surface area contributed by atoms with Crippen molar-refractivity contribution in [2.24, 2.45) is 0 Å². The number of carbonyl (C=O) groups excluding carboxylic acids is 1. The fraction of sp³-hybridized carbons (Fsp3) is 0.360. The van der Waals surface area contributed by atoms with Gasteiger partial charge in [-0.3, -0.25) is 9.69 Å². The van der Waals surface area contributed by atoms with E-state index in [9.17, 15) is 15.2 Å². The maximum Gasteiger partial charge on any atom is 0.231 e. The molecule has 1 amide bonds. The van der Waals surface area contributed by atoms with Gasteiger partial charge in [0.25, 0.3) is 0 Å². The normalized spacial score (nSPS) is 22.2. The second-order valence-corrected chi connectivity index (χ2v) is 9.32. The fourth-order valence-corrected chi connectivity index (χ4v) is 5.67. The van der Waals surface area contributed by atoms with E-state index in [4.69, 9.17) is 21.1 Å². The van der Waals surface area contributed by atoms with Crippen LogP contribution in [0.5, 0.6) is 11.5 Å². The average molecular weight is 485 g/mol. The van der Waals surface area contributed by atoms with Crippen molar-refractivity contribution in [3.8, 4) is 17.6 Å². The number of nitriles is 1. The molecule has 8 heteroatoms. The van der Waals surface area contributed by atoms with Crippen molar-refractivity contribution in [3.63, 3.8) is 0 Å². The Kier molecular flexibility index (Phi) is 6.89. The number of allylic oxidation sites excluding steroid dienone is 1. The van der Waals surface area contributed by atoms with Crippen molar-refractivity contribution in [1.82, 2.24) is 4.90 Å². The van der Waals surface area contributed by atoms with E-state index in [-0.39, 0.29) is 18.1 Å². The van der Waals surface area contributed by atoms with Crippen molar-refractivity contribution >= 4 is 29.3 Å². The highest BCUT2D eigenvalue weighted by molar-refractivity contribution is 8.03. The first-order valence-electron chi connectivity index (χ1n) is 10.9. The van der Waals surface area contributed by atoms with Gasteiger partial charge in [0.2, 0.25) is 5.91 Å². The summed E-state index contributed by atoms with van der Waals surface area (Å²) in [5, 5.41) is 22.6. The van der Waals surface area contributed by atoms with Crippen LogP contribution in [0, 0.1) is 11.3 Å². The van der Waals surface area contributed by atoms with Gasteiger partial charge in [-0.15, -0.1) is 11.8 Å². The van der Waals surface area contributed by atoms with Crippen molar-refractivity contribution < 1.29 is 19.4 Å². The van der Waals surface area contributed by atoms with Crippen LogP contribution in [0.2, 0.25) is 5.02 Å². The Morgan fingerprint density at radius 2 is 1.97 bits per heavy atom. The smallest absolute Gasteiger partial charge is 0.231 e. The highest BCUT2D eigenvalue weighted by Gasteiger charge is 2.51. The van der Waals surface area contributed by atoms with Crippen LogP contribution in [0.3, 0.4) is 0 Å². The summed E-state index contributed by atoms with van der Waals surface area (Å²) in [5.41, 5.74) is 0.314. The largest absolute Gasteiger partial charge is 0.490 e. The van der Waals surface area contributed by atoms with Gasteiger partial charge in [-0.2, -0.15) is 5.26 Å². The first-order chi connectivity index (χ1) is 15.9. The lowest BCUT2D eigenvalue weighted by Crippen LogP contribution is -2.48. The third-order valence-corrected chi connectivity index (χ3v) is 7.22. The van der Waals surface area contributed by atoms with E-state index in [2.05, 4.69) is 6.07 Å². The summed E-state index contributed by atoms with van der Waals surface area (Å²) in [6, 6.07) is 14.6. The maximum atomic E-state index is 13.3. The molecule has 0 spiro atoms. The molecular weight excluding hydrogens is 460 g/mol. The van der Waals surface area contributed by atoms with E-state index in [0.29, 0.717) is 45.9 Å². The molecule has 1 fully saturated rings. The number of aliphatic hydroxyl groups is 1. The lowest BCUT2D eigenvalue weighted by molar-refractivity contribution is -0.149. The molecule has 6 nitrogen and oxygen atoms in total. The van der Waals surface area contributed by atoms with Crippen LogP contribution in [-0.2, 0) is 10.5 Å². The predicted molar refractivity (Wildman–Crippen MR) is 128 cm³/mol. The molecule has 0 saturated carbocycles. The molecule has 0 bridgehead atoms. The van der Waals surface area contributed by atoms with Gasteiger partial charge < -0.3 is 14.6 Å². The molecule has 2 aromatic rings. The molecule has 0 unspecified atom stereocenters. The van der Waals surface area contributed by atoms with Gasteiger partial charge in [-0.1, -0.05) is 36.7 Å². The first-order valence-corrected chi connectivity index (χ1v) is 12.3. The summed E-state index contributed by atoms with van der Waals surface area (Å²) in [4.78, 5) is 14.7. The number of fused-ring (bicyclic) bond motifs is 1. The quantitative estimate of drug-likeness (QED) is 0.583. The van der Waals surface area contributed by atoms with Crippen molar-refractivity contribution in [2.45, 2.75) is 38.3 Å². The number of thioether (sulfide) groups is 1. The summed E-state index contributed by atoms with van der Waals surface area (Å²) in [7, 11) is 0. The number of hydrogen-bond donors (Lipinski definition) is 1. The molecular formula is C25H25ClN2O4S. The molecule has 0 radical (unpaired) electrons. The Labute approximate surface area is 202 Å². The van der Waals surface area contributed by atoms with Crippen LogP contribution < -0.4 is 9.47 Å². The van der Waals surface area contributed by atoms with Crippen LogP contribution in [-0.4, -0.2) is 34.9 Å². The molecule has 172 valence electrons. The average Bonchev–Trinajstić information content (AvgIpc) is 3.17. The van der Waals surface area contributed by atoms with E-state index < -0.39 is 11.6 Å². The molecule has 2 aromatic carbocycles. The van der Waals surface area contributed by atoms with Crippen LogP contribution >= 0.6 is 23.4 Å². The zero-order valence-corrected chi connectivity index (χ0v) is 20.1. The number of carbonyl (C=O) groups is 1. The molecule has 0 aromatic heterocycles. The number of amides is 1. The van der Waals surface area contributed by atoms with E-state index in [1.807, 2.05) is 32.0 Å². The lowest BCUT2D eigenvalue weighted by atomic mass is 9.85. The first kappa shape index (κ1) is 23.5. The molecule has 1 N–H and O–H groups in total. The lowest BCUT2D eigenvalue weighted by Gasteiger charge is -2.38. The number of rotatable bonds is 7. The Morgan fingerprint density at radius 3 is 2.64 bits per heavy atom. The van der Waals surface area contributed by atoms with Gasteiger partial charge in [-0.25, -0.2) is 0 Å². The monoisotopic (exact) mass is 484 g/mol. The van der Waals surface area contributed by atoms with Gasteiger partial charge >= 0.3 is 0 Å². The van der Waals surface area contributed by atoms with E-state index in [1.54, 1.807) is 24.3 Å². The number of halogens is 1. The number of ether oxygens (including phenoxy) is 2. The SMILES string of the molecule is CCCOc1ccc([C@@H]2CC(=O)N3C(=C2C#N)SC[C@]3(O)c2ccc(Cl)cc2)cc1OCC. The molecule has 2 aliphatic rings. The summed E-state index contributed by atoms with van der Waals surface area (Å²) >= 11 is 7.32. The molecule has 0 aliphatic carbocycles. The minimum absolute atomic E-state index is 0.0730. The zero-order valence-electron chi connectivity index (χ0n) is 18.5. The van der Waals surface area contributed by atoms with Crippen molar-refractivity contribution in [2.75, 3.05) is 19.0 Å². The fourth-order valence-electron chi connectivity index (χ4n) is 4.18. The topological polar surface area (TPSA) is 82.8 Å². The van der Waals surface area contributed by atoms with Gasteiger partial charge in [0, 0.05) is 22.9 Å². The molecule has 2 atom stereocenters. The van der Waals surface area contributed by atoms with Gasteiger partial charge in [0.15, 0.2) is 17.2 Å². The minimum Gasteiger partial charge on any atom is -0.490 e. The van der Waals surface area contributed by atoms with Crippen molar-refractivity contribution in [1.29, 1.82) is 5.26 Å². The van der Waals surface area contributed by atoms with E-state index in [1.165, 1.54) is 16.7 Å². The summed E-state index contributed by atoms with van der Waals surface area (Å²) in [6.07, 6.45) is 0.947. The Bertz CT molecular complexity index is 1130. The second-order valence-electron chi connectivity index (χ2n) is 7.92. The molecule has 1 saturated heterocycles. The van der Waals surface area contributed by atoms with Gasteiger partial charge in [-0.05, 0) is 43.2 Å². The van der Waals surface area contributed by atoms with Crippen LogP contribution in [0.1, 0.15) is 43.7 Å². The third-order valence-electron chi connectivity index (χ3n) is 5.75. The van der Waals surface area contributed by atoms with E-state index >= 15 is 0 Å². The van der Waals surface area contributed by atoms with Crippen LogP contribution in [0.25, 0.3) is 0 Å². The molecule has 2 aliphatic heterocycles. The van der Waals surface area contributed by atoms with Crippen molar-refractivity contribution in [3.05, 3.63) is 69.2 Å². The van der Waals surface area contributed by atoms with Gasteiger partial charge in [0.1, 0.15) is 0 Å². The van der Waals surface area contributed by atoms with E-state index in [0.717, 1.165) is 12.0 Å². The van der Waals surface area contributed by atoms with Crippen LogP contribution in [0.4, 0.5) is 0 Å². The second kappa shape index (κ2) is 9.68. The number of nitrogens with zero attached hydrogens (tertiary/aromatic N) is 2. The third kappa shape index (κ3) is 4.31. The predicted octanol–water partition coefficient (Wildman–Crippen LogP) is 5.17. The maximum absolute atomic E-state index is 13.3. The highest BCUT2D eigenvalue weighted by Crippen LogP contribution is 2.52. The highest BCUT2D eigenvalue weighted by atomic mass is 35.5. The summed E-state index contributed by atoms with van der Waals surface area (Å²) in [5.74, 6) is 0.817. The molecule has 2 heterocycles. The Balaban J connectivity index is 1.73. The Morgan fingerprint density at radius 1 is 1.21 bits per heavy atom. The summed E-state index contributed by atoms with van der Waals surface area (Å²) in [6.45, 7) is 4.97. The van der Waals surface area contributed by atoms with Crippen LogP contribution in [0.15, 0.2) is 53.1 Å². The summed E-state index contributed by atoms with van der Waals surface area (Å²) < 4.78 is 11.6. The molecule has 33 heavy (non-hydrogen) atoms. The number of benzene rings is 2. The standard InChI is InChI=1S/C25H25ClN2O4S/c1-3-11-32-21-10-5-16(12-22(21)31-4-2)19-13-23(29)28-24(20(19)14-27)33-15-25(28,30)17-6-8-18(26)9-7-17/h5-10,12,19,30H,3-4,11,13,15H2,1-2H3/t19-,25-/m0/s1.